The first-order chi connectivity index (χ1) is 19.5. The first kappa shape index (κ1) is 27.6. The van der Waals surface area contributed by atoms with Gasteiger partial charge >= 0.3 is 0 Å². The lowest BCUT2D eigenvalue weighted by atomic mass is 10.0. The smallest absolute Gasteiger partial charge is 0.221 e. The second kappa shape index (κ2) is 12.5. The van der Waals surface area contributed by atoms with Crippen molar-refractivity contribution in [2.45, 2.75) is 33.4 Å². The third-order valence-corrected chi connectivity index (χ3v) is 7.72. The van der Waals surface area contributed by atoms with Gasteiger partial charge in [-0.25, -0.2) is 0 Å². The number of nitrogens with one attached hydrogen (secondary N) is 1. The summed E-state index contributed by atoms with van der Waals surface area (Å²) in [6, 6.07) is 22.3. The van der Waals surface area contributed by atoms with Crippen LogP contribution in [0.2, 0.25) is 0 Å². The Morgan fingerprint density at radius 3 is 2.25 bits per heavy atom. The van der Waals surface area contributed by atoms with Crippen LogP contribution >= 0.6 is 12.2 Å². The van der Waals surface area contributed by atoms with Gasteiger partial charge < -0.3 is 20.1 Å². The van der Waals surface area contributed by atoms with E-state index in [1.54, 1.807) is 7.11 Å². The molecule has 3 aromatic carbocycles. The summed E-state index contributed by atoms with van der Waals surface area (Å²) in [5, 5.41) is 24.4. The molecule has 1 aliphatic heterocycles. The molecule has 1 fully saturated rings. The summed E-state index contributed by atoms with van der Waals surface area (Å²) in [4.78, 5) is 4.71. The molecule has 208 valence electrons. The highest BCUT2D eigenvalue weighted by Gasteiger charge is 2.22. The lowest BCUT2D eigenvalue weighted by Crippen LogP contribution is -2.46. The Labute approximate surface area is 240 Å². The van der Waals surface area contributed by atoms with Crippen molar-refractivity contribution >= 4 is 45.3 Å². The molecule has 9 heteroatoms. The SMILES string of the molecule is CCc1cccc(CC)c1NC(=S)N=Nc1c(O)n(CN2CCN(c3ccc(OC)cc3)CC2)c2ccccc12. The van der Waals surface area contributed by atoms with Gasteiger partial charge in [0.2, 0.25) is 11.0 Å². The normalized spacial score (nSPS) is 14.2. The Bertz CT molecular complexity index is 1480. The summed E-state index contributed by atoms with van der Waals surface area (Å²) in [6.07, 6.45) is 1.77. The average molecular weight is 557 g/mol. The zero-order chi connectivity index (χ0) is 28.1. The molecule has 0 atom stereocenters. The minimum atomic E-state index is 0.0912. The number of para-hydroxylation sites is 2. The van der Waals surface area contributed by atoms with E-state index in [2.05, 4.69) is 69.5 Å². The van der Waals surface area contributed by atoms with Crippen LogP contribution < -0.4 is 15.0 Å². The van der Waals surface area contributed by atoms with Crippen molar-refractivity contribution in [2.75, 3.05) is 43.5 Å². The highest BCUT2D eigenvalue weighted by atomic mass is 32.1. The van der Waals surface area contributed by atoms with Crippen molar-refractivity contribution in [1.29, 1.82) is 0 Å². The number of hydrogen-bond acceptors (Lipinski definition) is 6. The molecule has 0 spiro atoms. The first-order valence-electron chi connectivity index (χ1n) is 13.8. The molecular weight excluding hydrogens is 520 g/mol. The monoisotopic (exact) mass is 556 g/mol. The van der Waals surface area contributed by atoms with Gasteiger partial charge in [-0.15, -0.1) is 10.2 Å². The number of ether oxygens (including phenoxy) is 1. The highest BCUT2D eigenvalue weighted by Crippen LogP contribution is 2.39. The maximum atomic E-state index is 11.3. The van der Waals surface area contributed by atoms with E-state index >= 15 is 0 Å². The molecule has 0 saturated carbocycles. The van der Waals surface area contributed by atoms with Gasteiger partial charge in [-0.3, -0.25) is 9.47 Å². The third-order valence-electron chi connectivity index (χ3n) is 7.54. The Morgan fingerprint density at radius 1 is 0.925 bits per heavy atom. The molecule has 4 aromatic rings. The summed E-state index contributed by atoms with van der Waals surface area (Å²) >= 11 is 5.54. The molecule has 2 N–H and O–H groups in total. The molecular formula is C31H36N6O2S. The predicted molar refractivity (Wildman–Crippen MR) is 166 cm³/mol. The minimum absolute atomic E-state index is 0.0912. The summed E-state index contributed by atoms with van der Waals surface area (Å²) in [5.74, 6) is 0.951. The van der Waals surface area contributed by atoms with Gasteiger partial charge in [-0.2, -0.15) is 0 Å². The largest absolute Gasteiger partial charge is 0.497 e. The third kappa shape index (κ3) is 5.80. The molecule has 1 aromatic heterocycles. The van der Waals surface area contributed by atoms with E-state index in [-0.39, 0.29) is 11.0 Å². The molecule has 1 saturated heterocycles. The van der Waals surface area contributed by atoms with E-state index in [4.69, 9.17) is 17.0 Å². The van der Waals surface area contributed by atoms with Crippen LogP contribution in [0.5, 0.6) is 11.6 Å². The highest BCUT2D eigenvalue weighted by molar-refractivity contribution is 7.80. The number of hydrogen-bond donors (Lipinski definition) is 2. The summed E-state index contributed by atoms with van der Waals surface area (Å²) in [7, 11) is 1.68. The van der Waals surface area contributed by atoms with Crippen LogP contribution in [0.25, 0.3) is 10.9 Å². The molecule has 0 unspecified atom stereocenters. The van der Waals surface area contributed by atoms with Crippen molar-refractivity contribution in [3.05, 3.63) is 77.9 Å². The van der Waals surface area contributed by atoms with Crippen LogP contribution in [0.4, 0.5) is 17.1 Å². The van der Waals surface area contributed by atoms with Crippen LogP contribution in [0, 0.1) is 0 Å². The number of nitrogens with zero attached hydrogens (tertiary/aromatic N) is 5. The molecule has 5 rings (SSSR count). The van der Waals surface area contributed by atoms with Crippen molar-refractivity contribution in [3.8, 4) is 11.6 Å². The Hall–Kier alpha value is -3.95. The van der Waals surface area contributed by atoms with Crippen molar-refractivity contribution < 1.29 is 9.84 Å². The van der Waals surface area contributed by atoms with Crippen LogP contribution in [0.3, 0.4) is 0 Å². The van der Waals surface area contributed by atoms with Crippen LogP contribution in [-0.4, -0.2) is 53.0 Å². The van der Waals surface area contributed by atoms with Gasteiger partial charge in [-0.05, 0) is 66.5 Å². The van der Waals surface area contributed by atoms with Crippen LogP contribution in [0.15, 0.2) is 77.0 Å². The topological polar surface area (TPSA) is 77.6 Å². The number of benzene rings is 3. The summed E-state index contributed by atoms with van der Waals surface area (Å²) in [6.45, 7) is 8.35. The molecule has 0 radical (unpaired) electrons. The fraction of sp³-hybridized carbons (Fsp3) is 0.323. The number of aromatic nitrogens is 1. The minimum Gasteiger partial charge on any atom is -0.497 e. The van der Waals surface area contributed by atoms with Gasteiger partial charge in [0.05, 0.1) is 19.3 Å². The predicted octanol–water partition coefficient (Wildman–Crippen LogP) is 6.74. The van der Waals surface area contributed by atoms with Gasteiger partial charge in [0, 0.05) is 42.9 Å². The molecule has 2 heterocycles. The summed E-state index contributed by atoms with van der Waals surface area (Å²) in [5.41, 5.74) is 5.89. The molecule has 8 nitrogen and oxygen atoms in total. The van der Waals surface area contributed by atoms with E-state index < -0.39 is 0 Å². The lowest BCUT2D eigenvalue weighted by Gasteiger charge is -2.36. The maximum absolute atomic E-state index is 11.3. The van der Waals surface area contributed by atoms with E-state index in [0.717, 1.165) is 61.4 Å². The molecule has 0 bridgehead atoms. The van der Waals surface area contributed by atoms with E-state index in [9.17, 15) is 5.11 Å². The van der Waals surface area contributed by atoms with Crippen LogP contribution in [-0.2, 0) is 19.5 Å². The number of piperazine rings is 1. The van der Waals surface area contributed by atoms with E-state index in [1.807, 2.05) is 41.0 Å². The lowest BCUT2D eigenvalue weighted by molar-refractivity contribution is 0.200. The first-order valence-corrected chi connectivity index (χ1v) is 14.2. The molecule has 0 amide bonds. The Balaban J connectivity index is 1.31. The number of fused-ring (bicyclic) bond motifs is 1. The van der Waals surface area contributed by atoms with Crippen molar-refractivity contribution in [3.63, 3.8) is 0 Å². The molecule has 40 heavy (non-hydrogen) atoms. The Kier molecular flexibility index (Phi) is 8.62. The number of aromatic hydroxyl groups is 1. The van der Waals surface area contributed by atoms with Crippen molar-refractivity contribution in [1.82, 2.24) is 9.47 Å². The van der Waals surface area contributed by atoms with E-state index in [1.165, 1.54) is 16.8 Å². The number of thiocarbonyl (C=S) groups is 1. The molecule has 1 aliphatic rings. The number of methoxy groups -OCH3 is 1. The summed E-state index contributed by atoms with van der Waals surface area (Å²) < 4.78 is 7.19. The van der Waals surface area contributed by atoms with Gasteiger partial charge in [0.1, 0.15) is 5.75 Å². The number of azo groups is 1. The number of rotatable bonds is 8. The zero-order valence-electron chi connectivity index (χ0n) is 23.3. The zero-order valence-corrected chi connectivity index (χ0v) is 24.1. The standard InChI is InChI=1S/C31H36N6O2S/c1-4-22-9-8-10-23(5-2)28(22)32-31(40)34-33-29-26-11-6-7-12-27(26)37(30(29)38)21-35-17-19-36(20-18-35)24-13-15-25(39-3)16-14-24/h6-16,38H,4-5,17-21H2,1-3H3,(H,32,40). The Morgan fingerprint density at radius 2 is 1.60 bits per heavy atom. The number of anilines is 2. The fourth-order valence-corrected chi connectivity index (χ4v) is 5.43. The van der Waals surface area contributed by atoms with Gasteiger partial charge in [0.15, 0.2) is 5.69 Å². The maximum Gasteiger partial charge on any atom is 0.221 e. The van der Waals surface area contributed by atoms with E-state index in [0.29, 0.717) is 12.4 Å². The van der Waals surface area contributed by atoms with Crippen LogP contribution in [0.1, 0.15) is 25.0 Å². The quantitative estimate of drug-likeness (QED) is 0.185. The average Bonchev–Trinajstić information content (AvgIpc) is 3.26. The number of aryl methyl sites for hydroxylation is 2. The van der Waals surface area contributed by atoms with Gasteiger partial charge in [-0.1, -0.05) is 50.2 Å². The fourth-order valence-electron chi connectivity index (χ4n) is 5.28. The molecule has 0 aliphatic carbocycles. The second-order valence-electron chi connectivity index (χ2n) is 9.85. The van der Waals surface area contributed by atoms with Crippen molar-refractivity contribution in [2.24, 2.45) is 10.2 Å². The van der Waals surface area contributed by atoms with Gasteiger partial charge in [0.25, 0.3) is 0 Å². The second-order valence-corrected chi connectivity index (χ2v) is 10.2.